The number of pyridine rings is 1. The van der Waals surface area contributed by atoms with Gasteiger partial charge in [0.25, 0.3) is 0 Å². The highest BCUT2D eigenvalue weighted by Gasteiger charge is 2.04. The number of rotatable bonds is 2. The van der Waals surface area contributed by atoms with E-state index in [9.17, 15) is 0 Å². The lowest BCUT2D eigenvalue weighted by molar-refractivity contribution is 0.696. The number of nitrogens with two attached hydrogens (primary N) is 1. The zero-order chi connectivity index (χ0) is 9.97. The Kier molecular flexibility index (Phi) is 2.49. The minimum absolute atomic E-state index is 0.641. The van der Waals surface area contributed by atoms with E-state index in [-0.39, 0.29) is 0 Å². The summed E-state index contributed by atoms with van der Waals surface area (Å²) in [5.41, 5.74) is 6.92. The second-order valence-corrected chi connectivity index (χ2v) is 3.75. The fourth-order valence-electron chi connectivity index (χ4n) is 1.16. The van der Waals surface area contributed by atoms with Crippen molar-refractivity contribution >= 4 is 21.7 Å². The molecule has 0 aromatic carbocycles. The van der Waals surface area contributed by atoms with Crippen molar-refractivity contribution in [3.05, 3.63) is 40.8 Å². The van der Waals surface area contributed by atoms with Gasteiger partial charge >= 0.3 is 0 Å². The Balaban J connectivity index is 2.23. The first-order chi connectivity index (χ1) is 6.77. The second kappa shape index (κ2) is 3.79. The highest BCUT2D eigenvalue weighted by Crippen LogP contribution is 2.18. The SMILES string of the molecule is Nc1c(Br)cnn1Cc1ccncc1. The summed E-state index contributed by atoms with van der Waals surface area (Å²) >= 11 is 3.31. The molecule has 0 spiro atoms. The van der Waals surface area contributed by atoms with Crippen LogP contribution < -0.4 is 5.73 Å². The van der Waals surface area contributed by atoms with E-state index in [1.165, 1.54) is 0 Å². The standard InChI is InChI=1S/C9H9BrN4/c10-8-5-13-14(9(8)11)6-7-1-3-12-4-2-7/h1-5H,6,11H2. The maximum Gasteiger partial charge on any atom is 0.136 e. The molecule has 2 rings (SSSR count). The van der Waals surface area contributed by atoms with Crippen LogP contribution in [0.3, 0.4) is 0 Å². The Morgan fingerprint density at radius 1 is 1.36 bits per heavy atom. The van der Waals surface area contributed by atoms with E-state index in [1.807, 2.05) is 12.1 Å². The van der Waals surface area contributed by atoms with Crippen molar-refractivity contribution in [3.8, 4) is 0 Å². The van der Waals surface area contributed by atoms with Gasteiger partial charge in [0.1, 0.15) is 5.82 Å². The molecule has 0 unspecified atom stereocenters. The second-order valence-electron chi connectivity index (χ2n) is 2.89. The van der Waals surface area contributed by atoms with Gasteiger partial charge in [-0.25, -0.2) is 4.68 Å². The number of hydrogen-bond donors (Lipinski definition) is 1. The fourth-order valence-corrected chi connectivity index (χ4v) is 1.46. The van der Waals surface area contributed by atoms with Crippen molar-refractivity contribution in [1.29, 1.82) is 0 Å². The van der Waals surface area contributed by atoms with Gasteiger partial charge in [0.2, 0.25) is 0 Å². The van der Waals surface area contributed by atoms with Gasteiger partial charge in [0, 0.05) is 12.4 Å². The number of hydrogen-bond acceptors (Lipinski definition) is 3. The first-order valence-electron chi connectivity index (χ1n) is 4.13. The van der Waals surface area contributed by atoms with Crippen LogP contribution in [0.4, 0.5) is 5.82 Å². The topological polar surface area (TPSA) is 56.7 Å². The van der Waals surface area contributed by atoms with Gasteiger partial charge in [-0.1, -0.05) is 0 Å². The van der Waals surface area contributed by atoms with Crippen molar-refractivity contribution in [2.75, 3.05) is 5.73 Å². The van der Waals surface area contributed by atoms with Crippen LogP contribution in [0.25, 0.3) is 0 Å². The third-order valence-electron chi connectivity index (χ3n) is 1.91. The monoisotopic (exact) mass is 252 g/mol. The van der Waals surface area contributed by atoms with Crippen molar-refractivity contribution in [2.45, 2.75) is 6.54 Å². The summed E-state index contributed by atoms with van der Waals surface area (Å²) in [6.07, 6.45) is 5.20. The lowest BCUT2D eigenvalue weighted by Gasteiger charge is -2.03. The van der Waals surface area contributed by atoms with E-state index in [1.54, 1.807) is 23.3 Å². The van der Waals surface area contributed by atoms with Crippen molar-refractivity contribution in [1.82, 2.24) is 14.8 Å². The van der Waals surface area contributed by atoms with Crippen LogP contribution in [0.15, 0.2) is 35.2 Å². The molecule has 0 amide bonds. The summed E-state index contributed by atoms with van der Waals surface area (Å²) in [5.74, 6) is 0.641. The van der Waals surface area contributed by atoms with Crippen LogP contribution in [-0.2, 0) is 6.54 Å². The van der Waals surface area contributed by atoms with Gasteiger partial charge in [-0.05, 0) is 33.6 Å². The Morgan fingerprint density at radius 2 is 2.07 bits per heavy atom. The molecule has 0 saturated heterocycles. The van der Waals surface area contributed by atoms with Crippen molar-refractivity contribution in [2.24, 2.45) is 0 Å². The normalized spacial score (nSPS) is 10.4. The van der Waals surface area contributed by atoms with E-state index in [2.05, 4.69) is 26.0 Å². The van der Waals surface area contributed by atoms with Gasteiger partial charge in [-0.15, -0.1) is 0 Å². The molecule has 5 heteroatoms. The lowest BCUT2D eigenvalue weighted by atomic mass is 10.3. The number of nitrogen functional groups attached to an aromatic ring is 1. The molecule has 0 atom stereocenters. The Hall–Kier alpha value is -1.36. The smallest absolute Gasteiger partial charge is 0.136 e. The largest absolute Gasteiger partial charge is 0.383 e. The number of halogens is 1. The van der Waals surface area contributed by atoms with Gasteiger partial charge in [-0.2, -0.15) is 5.10 Å². The summed E-state index contributed by atoms with van der Waals surface area (Å²) in [5, 5.41) is 4.13. The summed E-state index contributed by atoms with van der Waals surface area (Å²) in [4.78, 5) is 3.94. The lowest BCUT2D eigenvalue weighted by Crippen LogP contribution is -2.05. The minimum Gasteiger partial charge on any atom is -0.383 e. The van der Waals surface area contributed by atoms with Crippen LogP contribution in [0.5, 0.6) is 0 Å². The molecule has 72 valence electrons. The van der Waals surface area contributed by atoms with Crippen LogP contribution in [-0.4, -0.2) is 14.8 Å². The number of aromatic nitrogens is 3. The predicted molar refractivity (Wildman–Crippen MR) is 57.7 cm³/mol. The van der Waals surface area contributed by atoms with E-state index in [0.717, 1.165) is 10.0 Å². The molecule has 2 heterocycles. The Bertz CT molecular complexity index is 424. The maximum atomic E-state index is 5.79. The molecule has 2 aromatic heterocycles. The van der Waals surface area contributed by atoms with Gasteiger partial charge in [0.05, 0.1) is 17.2 Å². The summed E-state index contributed by atoms with van der Waals surface area (Å²) in [7, 11) is 0. The van der Waals surface area contributed by atoms with Gasteiger partial charge < -0.3 is 5.73 Å². The van der Waals surface area contributed by atoms with Crippen LogP contribution >= 0.6 is 15.9 Å². The van der Waals surface area contributed by atoms with E-state index >= 15 is 0 Å². The minimum atomic E-state index is 0.641. The van der Waals surface area contributed by atoms with Gasteiger partial charge in [-0.3, -0.25) is 4.98 Å². The van der Waals surface area contributed by atoms with E-state index in [4.69, 9.17) is 5.73 Å². The molecule has 0 bridgehead atoms. The molecule has 0 aliphatic heterocycles. The third-order valence-corrected chi connectivity index (χ3v) is 2.53. The maximum absolute atomic E-state index is 5.79. The molecule has 2 N–H and O–H groups in total. The van der Waals surface area contributed by atoms with Crippen LogP contribution in [0.1, 0.15) is 5.56 Å². The summed E-state index contributed by atoms with van der Waals surface area (Å²) in [6, 6.07) is 3.88. The summed E-state index contributed by atoms with van der Waals surface area (Å²) < 4.78 is 2.56. The molecular weight excluding hydrogens is 244 g/mol. The number of anilines is 1. The molecular formula is C9H9BrN4. The molecule has 4 nitrogen and oxygen atoms in total. The molecule has 0 radical (unpaired) electrons. The molecule has 0 aliphatic rings. The third kappa shape index (κ3) is 1.77. The average molecular weight is 253 g/mol. The fraction of sp³-hybridized carbons (Fsp3) is 0.111. The van der Waals surface area contributed by atoms with Crippen molar-refractivity contribution in [3.63, 3.8) is 0 Å². The molecule has 0 fully saturated rings. The zero-order valence-corrected chi connectivity index (χ0v) is 8.98. The zero-order valence-electron chi connectivity index (χ0n) is 7.39. The average Bonchev–Trinajstić information content (AvgIpc) is 2.52. The van der Waals surface area contributed by atoms with Crippen LogP contribution in [0.2, 0.25) is 0 Å². The quantitative estimate of drug-likeness (QED) is 0.885. The Labute approximate surface area is 89.9 Å². The first kappa shape index (κ1) is 9.21. The highest BCUT2D eigenvalue weighted by molar-refractivity contribution is 9.10. The molecule has 0 saturated carbocycles. The first-order valence-corrected chi connectivity index (χ1v) is 4.92. The molecule has 14 heavy (non-hydrogen) atoms. The summed E-state index contributed by atoms with van der Waals surface area (Å²) in [6.45, 7) is 0.667. The molecule has 2 aromatic rings. The van der Waals surface area contributed by atoms with E-state index < -0.39 is 0 Å². The molecule has 0 aliphatic carbocycles. The highest BCUT2D eigenvalue weighted by atomic mass is 79.9. The Morgan fingerprint density at radius 3 is 2.64 bits per heavy atom. The van der Waals surface area contributed by atoms with E-state index in [0.29, 0.717) is 12.4 Å². The number of nitrogens with zero attached hydrogens (tertiary/aromatic N) is 3. The van der Waals surface area contributed by atoms with Crippen LogP contribution in [0, 0.1) is 0 Å². The predicted octanol–water partition coefficient (Wildman–Crippen LogP) is 1.67. The van der Waals surface area contributed by atoms with Crippen molar-refractivity contribution < 1.29 is 0 Å². The van der Waals surface area contributed by atoms with Gasteiger partial charge in [0.15, 0.2) is 0 Å².